The van der Waals surface area contributed by atoms with Crippen LogP contribution >= 0.6 is 23.2 Å². The van der Waals surface area contributed by atoms with Gasteiger partial charge < -0.3 is 15.4 Å². The minimum atomic E-state index is -0.599. The normalized spacial score (nSPS) is 30.6. The fraction of sp³-hybridized carbons (Fsp3) is 0.478. The van der Waals surface area contributed by atoms with E-state index in [4.69, 9.17) is 27.9 Å². The summed E-state index contributed by atoms with van der Waals surface area (Å²) in [6.45, 7) is 3.88. The van der Waals surface area contributed by atoms with Gasteiger partial charge >= 0.3 is 0 Å². The summed E-state index contributed by atoms with van der Waals surface area (Å²) in [4.78, 5) is 25.4. The van der Waals surface area contributed by atoms with E-state index in [0.29, 0.717) is 19.3 Å². The van der Waals surface area contributed by atoms with Crippen LogP contribution in [-0.2, 0) is 9.59 Å². The molecule has 166 valence electrons. The lowest BCUT2D eigenvalue weighted by Crippen LogP contribution is -2.61. The third kappa shape index (κ3) is 4.46. The van der Waals surface area contributed by atoms with Crippen molar-refractivity contribution in [3.05, 3.63) is 52.3 Å². The average Bonchev–Trinajstić information content (AvgIpc) is 3.27. The molecule has 2 amide bonds. The maximum absolute atomic E-state index is 13.5. The zero-order valence-electron chi connectivity index (χ0n) is 17.1. The van der Waals surface area contributed by atoms with Crippen molar-refractivity contribution in [2.75, 3.05) is 6.61 Å². The van der Waals surface area contributed by atoms with Gasteiger partial charge in [-0.05, 0) is 57.1 Å². The van der Waals surface area contributed by atoms with Gasteiger partial charge in [-0.1, -0.05) is 40.9 Å². The van der Waals surface area contributed by atoms with E-state index in [1.165, 1.54) is 12.1 Å². The molecular formula is C23H25Cl2FN2O3. The van der Waals surface area contributed by atoms with Gasteiger partial charge in [0.2, 0.25) is 5.91 Å². The molecule has 8 heteroatoms. The Morgan fingerprint density at radius 1 is 1.29 bits per heavy atom. The third-order valence-electron chi connectivity index (χ3n) is 6.77. The number of hydrogen-bond acceptors (Lipinski definition) is 3. The summed E-state index contributed by atoms with van der Waals surface area (Å²) in [5.74, 6) is -0.618. The number of halogens is 3. The number of ether oxygens (including phenoxy) is 1. The molecule has 1 aromatic rings. The smallest absolute Gasteiger partial charge is 0.258 e. The highest BCUT2D eigenvalue weighted by atomic mass is 35.5. The minimum Gasteiger partial charge on any atom is -0.484 e. The summed E-state index contributed by atoms with van der Waals surface area (Å²) in [6.07, 6.45) is 5.14. The van der Waals surface area contributed by atoms with Crippen molar-refractivity contribution in [2.45, 2.75) is 56.5 Å². The highest BCUT2D eigenvalue weighted by molar-refractivity contribution is 6.30. The van der Waals surface area contributed by atoms with Crippen LogP contribution in [-0.4, -0.2) is 30.0 Å². The molecule has 2 N–H and O–H groups in total. The van der Waals surface area contributed by atoms with E-state index < -0.39 is 11.2 Å². The van der Waals surface area contributed by atoms with Crippen LogP contribution in [0.3, 0.4) is 0 Å². The second-order valence-corrected chi connectivity index (χ2v) is 9.61. The number of carbonyl (C=O) groups excluding carboxylic acids is 2. The van der Waals surface area contributed by atoms with Gasteiger partial charge in [0.25, 0.3) is 5.91 Å². The number of benzene rings is 1. The predicted molar refractivity (Wildman–Crippen MR) is 118 cm³/mol. The van der Waals surface area contributed by atoms with Crippen molar-refractivity contribution in [3.63, 3.8) is 0 Å². The van der Waals surface area contributed by atoms with Crippen LogP contribution in [0.5, 0.6) is 5.75 Å². The summed E-state index contributed by atoms with van der Waals surface area (Å²) in [5.41, 5.74) is 2.95. The van der Waals surface area contributed by atoms with Crippen LogP contribution in [0.15, 0.2) is 41.5 Å². The topological polar surface area (TPSA) is 67.4 Å². The SMILES string of the molecule is C=C1CC/C(=C\Cl)CC1NC(=O)C12CCC(NC(=O)COc3ccc(Cl)c(F)c3)(C1)C2. The average molecular weight is 467 g/mol. The lowest BCUT2D eigenvalue weighted by Gasteiger charge is -2.47. The van der Waals surface area contributed by atoms with Crippen molar-refractivity contribution in [2.24, 2.45) is 5.41 Å². The summed E-state index contributed by atoms with van der Waals surface area (Å²) in [5, 5.41) is 6.17. The molecule has 2 bridgehead atoms. The minimum absolute atomic E-state index is 0.00237. The zero-order valence-corrected chi connectivity index (χ0v) is 18.6. The monoisotopic (exact) mass is 466 g/mol. The number of nitrogens with one attached hydrogen (secondary N) is 2. The van der Waals surface area contributed by atoms with E-state index in [1.807, 2.05) is 0 Å². The van der Waals surface area contributed by atoms with Gasteiger partial charge in [0.1, 0.15) is 11.6 Å². The van der Waals surface area contributed by atoms with Crippen LogP contribution in [0.1, 0.15) is 44.9 Å². The molecule has 0 saturated heterocycles. The predicted octanol–water partition coefficient (Wildman–Crippen LogP) is 4.63. The van der Waals surface area contributed by atoms with Crippen LogP contribution in [0, 0.1) is 11.2 Å². The highest BCUT2D eigenvalue weighted by Crippen LogP contribution is 2.61. The fourth-order valence-electron chi connectivity index (χ4n) is 5.12. The number of hydrogen-bond donors (Lipinski definition) is 2. The maximum Gasteiger partial charge on any atom is 0.258 e. The van der Waals surface area contributed by atoms with Crippen LogP contribution < -0.4 is 15.4 Å². The first-order chi connectivity index (χ1) is 14.7. The summed E-state index contributed by atoms with van der Waals surface area (Å²) >= 11 is 11.5. The molecule has 0 aromatic heterocycles. The molecule has 1 atom stereocenters. The number of amides is 2. The van der Waals surface area contributed by atoms with Gasteiger partial charge in [0.05, 0.1) is 16.5 Å². The first kappa shape index (κ1) is 22.2. The molecule has 4 fully saturated rings. The molecule has 31 heavy (non-hydrogen) atoms. The number of fused-ring (bicyclic) bond motifs is 1. The van der Waals surface area contributed by atoms with Crippen molar-refractivity contribution < 1.29 is 18.7 Å². The lowest BCUT2D eigenvalue weighted by atomic mass is 9.64. The maximum atomic E-state index is 13.5. The van der Waals surface area contributed by atoms with Crippen molar-refractivity contribution in [3.8, 4) is 5.75 Å². The van der Waals surface area contributed by atoms with Gasteiger partial charge in [-0.2, -0.15) is 0 Å². The highest BCUT2D eigenvalue weighted by Gasteiger charge is 2.65. The van der Waals surface area contributed by atoms with Crippen molar-refractivity contribution >= 4 is 35.0 Å². The fourth-order valence-corrected chi connectivity index (χ4v) is 5.43. The summed E-state index contributed by atoms with van der Waals surface area (Å²) in [6, 6.07) is 3.95. The molecule has 5 rings (SSSR count). The van der Waals surface area contributed by atoms with Crippen LogP contribution in [0.25, 0.3) is 0 Å². The van der Waals surface area contributed by atoms with E-state index in [0.717, 1.165) is 42.9 Å². The van der Waals surface area contributed by atoms with Gasteiger partial charge in [-0.25, -0.2) is 4.39 Å². The summed E-state index contributed by atoms with van der Waals surface area (Å²) < 4.78 is 18.9. The molecule has 4 aliphatic carbocycles. The Bertz CT molecular complexity index is 956. The first-order valence-electron chi connectivity index (χ1n) is 10.4. The Hall–Kier alpha value is -2.05. The van der Waals surface area contributed by atoms with Gasteiger partial charge in [0.15, 0.2) is 6.61 Å². The third-order valence-corrected chi connectivity index (χ3v) is 7.38. The van der Waals surface area contributed by atoms with Crippen LogP contribution in [0.4, 0.5) is 4.39 Å². The molecule has 0 heterocycles. The van der Waals surface area contributed by atoms with E-state index in [-0.39, 0.29) is 40.8 Å². The van der Waals surface area contributed by atoms with Crippen LogP contribution in [0.2, 0.25) is 5.02 Å². The standard InChI is InChI=1S/C23H25Cl2FN2O3/c1-14-2-3-15(10-24)8-19(14)27-21(30)22-6-7-23(12-22,13-22)28-20(29)11-31-16-4-5-17(25)18(26)9-16/h4-5,9-10,19H,1-3,6-8,11-13H2,(H,27,30)(H,28,29)/b15-10+. The van der Waals surface area contributed by atoms with E-state index in [2.05, 4.69) is 17.2 Å². The molecule has 1 aromatic carbocycles. The Morgan fingerprint density at radius 2 is 2.06 bits per heavy atom. The van der Waals surface area contributed by atoms with Crippen molar-refractivity contribution in [1.29, 1.82) is 0 Å². The van der Waals surface area contributed by atoms with Crippen molar-refractivity contribution in [1.82, 2.24) is 10.6 Å². The largest absolute Gasteiger partial charge is 0.484 e. The Labute approximate surface area is 191 Å². The second-order valence-electron chi connectivity index (χ2n) is 8.98. The molecule has 0 radical (unpaired) electrons. The first-order valence-corrected chi connectivity index (χ1v) is 11.2. The number of rotatable bonds is 6. The Kier molecular flexibility index (Phi) is 6.05. The number of carbonyl (C=O) groups is 2. The van der Waals surface area contributed by atoms with Gasteiger partial charge in [-0.3, -0.25) is 9.59 Å². The van der Waals surface area contributed by atoms with E-state index >= 15 is 0 Å². The van der Waals surface area contributed by atoms with Gasteiger partial charge in [-0.15, -0.1) is 0 Å². The zero-order chi connectivity index (χ0) is 22.2. The molecular weight excluding hydrogens is 442 g/mol. The molecule has 0 aliphatic heterocycles. The quantitative estimate of drug-likeness (QED) is 0.600. The molecule has 4 saturated carbocycles. The van der Waals surface area contributed by atoms with Gasteiger partial charge in [0, 0.05) is 17.1 Å². The molecule has 5 nitrogen and oxygen atoms in total. The summed E-state index contributed by atoms with van der Waals surface area (Å²) in [7, 11) is 0. The molecule has 4 aliphatic rings. The van der Waals surface area contributed by atoms with E-state index in [1.54, 1.807) is 5.54 Å². The lowest BCUT2D eigenvalue weighted by molar-refractivity contribution is -0.139. The van der Waals surface area contributed by atoms with E-state index in [9.17, 15) is 14.0 Å². The molecule has 1 unspecified atom stereocenters. The second kappa shape index (κ2) is 8.47. The molecule has 0 spiro atoms. The Balaban J connectivity index is 1.28. The Morgan fingerprint density at radius 3 is 2.77 bits per heavy atom.